The van der Waals surface area contributed by atoms with Crippen molar-refractivity contribution in [2.45, 2.75) is 45.1 Å². The van der Waals surface area contributed by atoms with Crippen molar-refractivity contribution in [3.63, 3.8) is 0 Å². The molecule has 0 aromatic carbocycles. The maximum Gasteiger partial charge on any atom is 0.262 e. The van der Waals surface area contributed by atoms with Gasteiger partial charge < -0.3 is 4.90 Å². The van der Waals surface area contributed by atoms with Crippen LogP contribution in [-0.4, -0.2) is 42.4 Å². The number of halogens is 3. The molecule has 0 spiro atoms. The fourth-order valence-electron chi connectivity index (χ4n) is 2.90. The molecule has 2 saturated heterocycles. The lowest BCUT2D eigenvalue weighted by Gasteiger charge is -2.35. The normalized spacial score (nSPS) is 27.4. The van der Waals surface area contributed by atoms with Crippen LogP contribution in [0.15, 0.2) is 0 Å². The van der Waals surface area contributed by atoms with Crippen LogP contribution in [0.25, 0.3) is 0 Å². The number of rotatable bonds is 2. The maximum atomic E-state index is 13.1. The second kappa shape index (κ2) is 6.35. The van der Waals surface area contributed by atoms with Gasteiger partial charge in [0.05, 0.1) is 12.6 Å². The highest BCUT2D eigenvalue weighted by atomic mass is 35.5. The predicted octanol–water partition coefficient (Wildman–Crippen LogP) is 2.30. The third kappa shape index (κ3) is 4.02. The van der Waals surface area contributed by atoms with Crippen molar-refractivity contribution in [3.8, 4) is 0 Å². The summed E-state index contributed by atoms with van der Waals surface area (Å²) < 4.78 is 26.1. The number of hydrogen-bond donors (Lipinski definition) is 1. The first kappa shape index (κ1) is 16.6. The zero-order valence-electron chi connectivity index (χ0n) is 11.5. The number of alkyl halides is 2. The predicted molar refractivity (Wildman–Crippen MR) is 72.7 cm³/mol. The van der Waals surface area contributed by atoms with Gasteiger partial charge >= 0.3 is 0 Å². The van der Waals surface area contributed by atoms with Gasteiger partial charge in [-0.3, -0.25) is 10.1 Å². The Labute approximate surface area is 119 Å². The van der Waals surface area contributed by atoms with Crippen LogP contribution in [-0.2, 0) is 4.79 Å². The summed E-state index contributed by atoms with van der Waals surface area (Å²) in [6.07, 6.45) is 1.63. The zero-order valence-corrected chi connectivity index (χ0v) is 12.3. The van der Waals surface area contributed by atoms with Gasteiger partial charge in [-0.2, -0.15) is 0 Å². The number of amides is 1. The average molecular weight is 297 g/mol. The topological polar surface area (TPSA) is 32.3 Å². The van der Waals surface area contributed by atoms with Gasteiger partial charge in [0.1, 0.15) is 0 Å². The smallest absolute Gasteiger partial charge is 0.262 e. The average Bonchev–Trinajstić information content (AvgIpc) is 2.69. The molecule has 0 bridgehead atoms. The van der Waals surface area contributed by atoms with Crippen LogP contribution in [0.5, 0.6) is 0 Å². The number of nitrogens with one attached hydrogen (secondary N) is 1. The van der Waals surface area contributed by atoms with Crippen molar-refractivity contribution in [1.82, 2.24) is 10.2 Å². The molecule has 1 N–H and O–H groups in total. The van der Waals surface area contributed by atoms with Gasteiger partial charge in [0, 0.05) is 19.5 Å². The number of carbonyl (C=O) groups is 1. The fraction of sp³-hybridized carbons (Fsp3) is 0.923. The van der Waals surface area contributed by atoms with Gasteiger partial charge in [0.15, 0.2) is 0 Å². The molecule has 2 aliphatic rings. The van der Waals surface area contributed by atoms with E-state index < -0.39 is 12.0 Å². The second-order valence-electron chi connectivity index (χ2n) is 5.90. The van der Waals surface area contributed by atoms with Gasteiger partial charge in [-0.25, -0.2) is 8.78 Å². The minimum Gasteiger partial charge on any atom is -0.341 e. The summed E-state index contributed by atoms with van der Waals surface area (Å²) in [5, 5.41) is 2.64. The Morgan fingerprint density at radius 2 is 1.89 bits per heavy atom. The first-order valence-electron chi connectivity index (χ1n) is 6.79. The SMILES string of the molecule is CC(C)C1CCN(C(=O)C2CC(F)(F)CN2)CC1.Cl. The highest BCUT2D eigenvalue weighted by molar-refractivity contribution is 5.85. The lowest BCUT2D eigenvalue weighted by atomic mass is 9.86. The molecule has 2 aliphatic heterocycles. The van der Waals surface area contributed by atoms with Crippen molar-refractivity contribution in [2.75, 3.05) is 19.6 Å². The Balaban J connectivity index is 0.00000180. The zero-order chi connectivity index (χ0) is 13.3. The van der Waals surface area contributed by atoms with Gasteiger partial charge in [0.25, 0.3) is 5.92 Å². The lowest BCUT2D eigenvalue weighted by molar-refractivity contribution is -0.135. The van der Waals surface area contributed by atoms with Crippen LogP contribution < -0.4 is 5.32 Å². The molecule has 2 heterocycles. The number of piperidine rings is 1. The first-order valence-corrected chi connectivity index (χ1v) is 6.79. The highest BCUT2D eigenvalue weighted by Crippen LogP contribution is 2.28. The molecule has 0 aromatic rings. The summed E-state index contributed by atoms with van der Waals surface area (Å²) in [5.74, 6) is -1.58. The molecule has 19 heavy (non-hydrogen) atoms. The van der Waals surface area contributed by atoms with Crippen molar-refractivity contribution in [3.05, 3.63) is 0 Å². The molecule has 2 fully saturated rings. The molecule has 0 aliphatic carbocycles. The van der Waals surface area contributed by atoms with E-state index in [0.29, 0.717) is 24.9 Å². The molecule has 1 unspecified atom stereocenters. The summed E-state index contributed by atoms with van der Waals surface area (Å²) in [7, 11) is 0. The Morgan fingerprint density at radius 1 is 1.32 bits per heavy atom. The molecule has 3 nitrogen and oxygen atoms in total. The van der Waals surface area contributed by atoms with Crippen molar-refractivity contribution in [2.24, 2.45) is 11.8 Å². The summed E-state index contributed by atoms with van der Waals surface area (Å²) in [6, 6.07) is -0.685. The van der Waals surface area contributed by atoms with Gasteiger partial charge in [0.2, 0.25) is 5.91 Å². The maximum absolute atomic E-state index is 13.1. The molecule has 0 aromatic heterocycles. The standard InChI is InChI=1S/C13H22F2N2O.ClH/c1-9(2)10-3-5-17(6-4-10)12(18)11-7-13(14,15)8-16-11;/h9-11,16H,3-8H2,1-2H3;1H. The largest absolute Gasteiger partial charge is 0.341 e. The highest BCUT2D eigenvalue weighted by Gasteiger charge is 2.43. The summed E-state index contributed by atoms with van der Waals surface area (Å²) >= 11 is 0. The molecular weight excluding hydrogens is 274 g/mol. The molecular formula is C13H23ClF2N2O. The van der Waals surface area contributed by atoms with E-state index in [1.165, 1.54) is 0 Å². The van der Waals surface area contributed by atoms with Crippen LogP contribution in [0.4, 0.5) is 8.78 Å². The molecule has 2 rings (SSSR count). The van der Waals surface area contributed by atoms with E-state index in [1.54, 1.807) is 4.90 Å². The van der Waals surface area contributed by atoms with Crippen molar-refractivity contribution in [1.29, 1.82) is 0 Å². The molecule has 6 heteroatoms. The molecule has 112 valence electrons. The monoisotopic (exact) mass is 296 g/mol. The Bertz CT molecular complexity index is 318. The van der Waals surface area contributed by atoms with Crippen LogP contribution in [0, 0.1) is 11.8 Å². The van der Waals surface area contributed by atoms with Crippen molar-refractivity contribution < 1.29 is 13.6 Å². The van der Waals surface area contributed by atoms with Crippen molar-refractivity contribution >= 4 is 18.3 Å². The van der Waals surface area contributed by atoms with Crippen LogP contribution >= 0.6 is 12.4 Å². The molecule has 0 saturated carbocycles. The quantitative estimate of drug-likeness (QED) is 0.848. The van der Waals surface area contributed by atoms with E-state index in [9.17, 15) is 13.6 Å². The van der Waals surface area contributed by atoms with E-state index in [-0.39, 0.29) is 31.3 Å². The Kier molecular flexibility index (Phi) is 5.56. The number of nitrogens with zero attached hydrogens (tertiary/aromatic N) is 1. The third-order valence-electron chi connectivity index (χ3n) is 4.20. The minimum absolute atomic E-state index is 0. The lowest BCUT2D eigenvalue weighted by Crippen LogP contribution is -2.47. The first-order chi connectivity index (χ1) is 8.39. The summed E-state index contributed by atoms with van der Waals surface area (Å²) in [4.78, 5) is 13.8. The summed E-state index contributed by atoms with van der Waals surface area (Å²) in [5.41, 5.74) is 0. The number of carbonyl (C=O) groups excluding carboxylic acids is 1. The van der Waals surface area contributed by atoms with Crippen LogP contribution in [0.2, 0.25) is 0 Å². The van der Waals surface area contributed by atoms with E-state index in [2.05, 4.69) is 19.2 Å². The number of hydrogen-bond acceptors (Lipinski definition) is 2. The van der Waals surface area contributed by atoms with E-state index >= 15 is 0 Å². The summed E-state index contributed by atoms with van der Waals surface area (Å²) in [6.45, 7) is 5.45. The third-order valence-corrected chi connectivity index (χ3v) is 4.20. The molecule has 1 atom stereocenters. The minimum atomic E-state index is -2.73. The van der Waals surface area contributed by atoms with Gasteiger partial charge in [-0.15, -0.1) is 12.4 Å². The van der Waals surface area contributed by atoms with Crippen LogP contribution in [0.3, 0.4) is 0 Å². The van der Waals surface area contributed by atoms with E-state index in [1.807, 2.05) is 0 Å². The Hall–Kier alpha value is -0.420. The van der Waals surface area contributed by atoms with Crippen LogP contribution in [0.1, 0.15) is 33.1 Å². The van der Waals surface area contributed by atoms with Gasteiger partial charge in [-0.05, 0) is 24.7 Å². The van der Waals surface area contributed by atoms with Gasteiger partial charge in [-0.1, -0.05) is 13.8 Å². The number of likely N-dealkylation sites (tertiary alicyclic amines) is 1. The fourth-order valence-corrected chi connectivity index (χ4v) is 2.90. The molecule has 1 amide bonds. The Morgan fingerprint density at radius 3 is 2.32 bits per heavy atom. The second-order valence-corrected chi connectivity index (χ2v) is 5.90. The molecule has 0 radical (unpaired) electrons. The van der Waals surface area contributed by atoms with E-state index in [4.69, 9.17) is 0 Å². The van der Waals surface area contributed by atoms with E-state index in [0.717, 1.165) is 12.8 Å².